The zero-order chi connectivity index (χ0) is 42.6. The monoisotopic (exact) mass is 884 g/mol. The Balaban J connectivity index is 1.04. The zero-order valence-corrected chi connectivity index (χ0v) is 35.1. The first-order valence-corrected chi connectivity index (χ1v) is 19.9. The van der Waals surface area contributed by atoms with Crippen molar-refractivity contribution in [2.45, 2.75) is 38.3 Å². The molecule has 1 saturated heterocycles. The first kappa shape index (κ1) is 40.5. The number of carboxylic acid groups (broad SMARTS) is 1. The second-order valence-corrected chi connectivity index (χ2v) is 15.8. The average molecular weight is 886 g/mol. The summed E-state index contributed by atoms with van der Waals surface area (Å²) >= 11 is 3.54. The topological polar surface area (TPSA) is 187 Å². The number of amides is 1. The zero-order valence-electron chi connectivity index (χ0n) is 33.5. The van der Waals surface area contributed by atoms with Gasteiger partial charge in [-0.05, 0) is 61.7 Å². The quantitative estimate of drug-likeness (QED) is 0.159. The van der Waals surface area contributed by atoms with Gasteiger partial charge in [0.15, 0.2) is 23.1 Å². The van der Waals surface area contributed by atoms with Crippen LogP contribution in [0.4, 0.5) is 27.5 Å². The summed E-state index contributed by atoms with van der Waals surface area (Å²) in [5.74, 6) is -0.531. The number of carbonyl (C=O) groups excluding carboxylic acids is 1. The number of anilines is 3. The number of nitrogen functional groups attached to an aromatic ring is 1. The summed E-state index contributed by atoms with van der Waals surface area (Å²) in [6.45, 7) is 3.39. The summed E-state index contributed by atoms with van der Waals surface area (Å²) < 4.78 is 40.9. The average Bonchev–Trinajstić information content (AvgIpc) is 4.05. The van der Waals surface area contributed by atoms with Gasteiger partial charge in [-0.3, -0.25) is 19.4 Å². The van der Waals surface area contributed by atoms with Crippen LogP contribution in [0.1, 0.15) is 52.9 Å². The Hall–Kier alpha value is -6.27. The number of aromatic carboxylic acids is 1. The van der Waals surface area contributed by atoms with Crippen LogP contribution < -0.4 is 39.9 Å². The Bertz CT molecular complexity index is 2640. The number of nitrogens with two attached hydrogens (primary N) is 1. The smallest absolute Gasteiger partial charge is 0.341 e. The first-order chi connectivity index (χ1) is 28.8. The number of pyridine rings is 1. The van der Waals surface area contributed by atoms with Gasteiger partial charge in [-0.1, -0.05) is 15.9 Å². The second kappa shape index (κ2) is 16.1. The Morgan fingerprint density at radius 3 is 2.35 bits per heavy atom. The lowest BCUT2D eigenvalue weighted by atomic mass is 10.1. The molecule has 0 bridgehead atoms. The van der Waals surface area contributed by atoms with E-state index in [1.807, 2.05) is 42.2 Å². The van der Waals surface area contributed by atoms with Gasteiger partial charge >= 0.3 is 5.97 Å². The van der Waals surface area contributed by atoms with Crippen LogP contribution in [0, 0.1) is 5.82 Å². The summed E-state index contributed by atoms with van der Waals surface area (Å²) in [5.41, 5.74) is 8.69. The maximum atomic E-state index is 16.1. The molecule has 1 unspecified atom stereocenters. The van der Waals surface area contributed by atoms with E-state index in [-0.39, 0.29) is 59.0 Å². The van der Waals surface area contributed by atoms with E-state index >= 15 is 4.39 Å². The molecule has 3 aliphatic rings. The number of fused-ring (bicyclic) bond motifs is 2. The number of hydrogen-bond acceptors (Lipinski definition) is 13. The summed E-state index contributed by atoms with van der Waals surface area (Å²) in [4.78, 5) is 58.6. The summed E-state index contributed by atoms with van der Waals surface area (Å²) in [7, 11) is 6.04. The lowest BCUT2D eigenvalue weighted by molar-refractivity contribution is -0.112. The van der Waals surface area contributed by atoms with Crippen molar-refractivity contribution < 1.29 is 38.0 Å². The van der Waals surface area contributed by atoms with Crippen LogP contribution in [-0.4, -0.2) is 103 Å². The molecule has 8 rings (SSSR count). The highest BCUT2D eigenvalue weighted by Crippen LogP contribution is 2.44. The molecular weight excluding hydrogens is 843 g/mol. The van der Waals surface area contributed by atoms with Crippen LogP contribution in [0.3, 0.4) is 0 Å². The molecule has 0 radical (unpaired) electrons. The minimum absolute atomic E-state index is 0.0207. The number of carbonyl (C=O) groups is 2. The van der Waals surface area contributed by atoms with Gasteiger partial charge < -0.3 is 39.3 Å². The number of rotatable bonds is 12. The fraction of sp³-hybridized carbons (Fsp3) is 0.333. The van der Waals surface area contributed by atoms with Gasteiger partial charge in [0.25, 0.3) is 11.9 Å². The fourth-order valence-electron chi connectivity index (χ4n) is 8.01. The highest BCUT2D eigenvalue weighted by atomic mass is 79.9. The molecule has 1 amide bonds. The number of carboxylic acids is 1. The molecule has 0 spiro atoms. The van der Waals surface area contributed by atoms with Crippen molar-refractivity contribution in [1.29, 1.82) is 0 Å². The van der Waals surface area contributed by atoms with Gasteiger partial charge in [-0.25, -0.2) is 19.2 Å². The largest absolute Gasteiger partial charge is 0.493 e. The predicted molar refractivity (Wildman–Crippen MR) is 226 cm³/mol. The lowest BCUT2D eigenvalue weighted by Gasteiger charge is -2.42. The molecule has 1 aliphatic carbocycles. The standard InChI is InChI=1S/C42H42BrFN8O8/c1-21-18-49(35-29(44)16-27-34(38(35)60-5)51(25-7-8-25)19-28(36(27)53)41(55)56)10-11-50(21)20-52-30-9-6-24(43)15-26(30)33(40(52)54)47-42-46-17-23(39(45)48-42)12-22-13-31(57-2)37(59-4)32(14-22)58-3/h6,9,13-17,19,21,25H,7-8,10-12,18,20H2,1-5H3,(H,55,56)(H2,45,46,48)/b47-33-. The summed E-state index contributed by atoms with van der Waals surface area (Å²) in [6.07, 6.45) is 4.89. The van der Waals surface area contributed by atoms with E-state index in [1.54, 1.807) is 29.9 Å². The minimum Gasteiger partial charge on any atom is -0.493 e. The van der Waals surface area contributed by atoms with Gasteiger partial charge in [-0.15, -0.1) is 0 Å². The van der Waals surface area contributed by atoms with E-state index in [9.17, 15) is 19.5 Å². The number of halogens is 2. The predicted octanol–water partition coefficient (Wildman–Crippen LogP) is 5.57. The molecule has 3 N–H and O–H groups in total. The highest BCUT2D eigenvalue weighted by molar-refractivity contribution is 9.10. The molecule has 5 aromatic rings. The highest BCUT2D eigenvalue weighted by Gasteiger charge is 2.38. The van der Waals surface area contributed by atoms with Crippen LogP contribution in [0.2, 0.25) is 0 Å². The van der Waals surface area contributed by atoms with E-state index in [0.717, 1.165) is 28.9 Å². The molecular formula is C42H42BrFN8O8. The Kier molecular flexibility index (Phi) is 10.8. The van der Waals surface area contributed by atoms with E-state index in [0.29, 0.717) is 65.6 Å². The normalized spacial score (nSPS) is 17.4. The van der Waals surface area contributed by atoms with Crippen molar-refractivity contribution in [2.24, 2.45) is 4.99 Å². The van der Waals surface area contributed by atoms with Crippen LogP contribution in [0.15, 0.2) is 63.1 Å². The van der Waals surface area contributed by atoms with Gasteiger partial charge in [0.2, 0.25) is 11.2 Å². The fourth-order valence-corrected chi connectivity index (χ4v) is 8.37. The number of benzene rings is 3. The van der Waals surface area contributed by atoms with Crippen molar-refractivity contribution in [1.82, 2.24) is 19.4 Å². The third kappa shape index (κ3) is 7.23. The SMILES string of the molecule is COc1cc(Cc2cnc(/N=C3\C(=O)N(CN4CCN(c5c(F)cc6c(=O)c(C(=O)O)cn(C7CC7)c6c5OC)CC4C)c4ccc(Br)cc43)nc2N)cc(OC)c1OC. The number of piperazine rings is 1. The van der Waals surface area contributed by atoms with Crippen molar-refractivity contribution in [3.05, 3.63) is 91.6 Å². The minimum atomic E-state index is -1.37. The maximum Gasteiger partial charge on any atom is 0.341 e. The number of aliphatic imine (C=N–C) groups is 1. The maximum absolute atomic E-state index is 16.1. The number of methoxy groups -OCH3 is 4. The Labute approximate surface area is 352 Å². The van der Waals surface area contributed by atoms with Crippen molar-refractivity contribution in [2.75, 3.05) is 70.3 Å². The van der Waals surface area contributed by atoms with E-state index in [1.165, 1.54) is 20.4 Å². The summed E-state index contributed by atoms with van der Waals surface area (Å²) in [6, 6.07) is 10.1. The molecule has 1 saturated carbocycles. The van der Waals surface area contributed by atoms with Crippen molar-refractivity contribution in [3.63, 3.8) is 0 Å². The van der Waals surface area contributed by atoms with Crippen molar-refractivity contribution >= 4 is 67.6 Å². The Morgan fingerprint density at radius 2 is 1.73 bits per heavy atom. The van der Waals surface area contributed by atoms with Crippen molar-refractivity contribution in [3.8, 4) is 23.0 Å². The molecule has 2 aliphatic heterocycles. The third-order valence-electron chi connectivity index (χ3n) is 11.1. The van der Waals surface area contributed by atoms with E-state index in [4.69, 9.17) is 24.7 Å². The molecule has 312 valence electrons. The Morgan fingerprint density at radius 1 is 1.02 bits per heavy atom. The molecule has 16 nitrogen and oxygen atoms in total. The van der Waals surface area contributed by atoms with Gasteiger partial charge in [0.05, 0.1) is 51.7 Å². The number of hydrogen-bond donors (Lipinski definition) is 2. The first-order valence-electron chi connectivity index (χ1n) is 19.1. The number of aromatic nitrogens is 3. The molecule has 4 heterocycles. The van der Waals surface area contributed by atoms with Crippen LogP contribution in [0.25, 0.3) is 10.9 Å². The van der Waals surface area contributed by atoms with Gasteiger partial charge in [0, 0.05) is 66.1 Å². The second-order valence-electron chi connectivity index (χ2n) is 14.8. The lowest BCUT2D eigenvalue weighted by Crippen LogP contribution is -2.55. The third-order valence-corrected chi connectivity index (χ3v) is 11.6. The molecule has 3 aromatic carbocycles. The van der Waals surface area contributed by atoms with Crippen LogP contribution >= 0.6 is 15.9 Å². The molecule has 18 heteroatoms. The molecule has 1 atom stereocenters. The van der Waals surface area contributed by atoms with E-state index < -0.39 is 22.8 Å². The van der Waals surface area contributed by atoms with E-state index in [2.05, 4.69) is 35.8 Å². The van der Waals surface area contributed by atoms with Crippen LogP contribution in [-0.2, 0) is 11.2 Å². The van der Waals surface area contributed by atoms with Gasteiger partial charge in [-0.2, -0.15) is 4.98 Å². The number of nitrogens with zero attached hydrogens (tertiary/aromatic N) is 7. The number of ether oxygens (including phenoxy) is 4. The van der Waals surface area contributed by atoms with Crippen LogP contribution in [0.5, 0.6) is 23.0 Å². The summed E-state index contributed by atoms with van der Waals surface area (Å²) in [5, 5.41) is 9.68. The molecule has 2 fully saturated rings. The molecule has 60 heavy (non-hydrogen) atoms. The molecule has 2 aromatic heterocycles. The van der Waals surface area contributed by atoms with Gasteiger partial charge in [0.1, 0.15) is 22.8 Å².